The third-order valence-electron chi connectivity index (χ3n) is 4.61. The van der Waals surface area contributed by atoms with Gasteiger partial charge in [0.25, 0.3) is 10.0 Å². The molecular formula is C20H19N3O3S2. The number of hydrogen-bond acceptors (Lipinski definition) is 5. The second kappa shape index (κ2) is 7.37. The smallest absolute Gasteiger partial charge is 0.263 e. The van der Waals surface area contributed by atoms with Crippen LogP contribution in [-0.2, 0) is 14.8 Å². The molecule has 2 aromatic carbocycles. The van der Waals surface area contributed by atoms with Crippen LogP contribution in [0, 0.1) is 6.92 Å². The highest BCUT2D eigenvalue weighted by molar-refractivity contribution is 7.93. The highest BCUT2D eigenvalue weighted by atomic mass is 32.2. The summed E-state index contributed by atoms with van der Waals surface area (Å²) in [6, 6.07) is 14.3. The van der Waals surface area contributed by atoms with Crippen LogP contribution in [0.2, 0.25) is 0 Å². The van der Waals surface area contributed by atoms with Crippen LogP contribution in [0.5, 0.6) is 0 Å². The van der Waals surface area contributed by atoms with E-state index in [1.165, 1.54) is 11.3 Å². The largest absolute Gasteiger partial charge is 0.312 e. The van der Waals surface area contributed by atoms with Crippen LogP contribution in [0.4, 0.5) is 10.8 Å². The van der Waals surface area contributed by atoms with Gasteiger partial charge in [-0.1, -0.05) is 29.8 Å². The molecule has 2 heterocycles. The van der Waals surface area contributed by atoms with Gasteiger partial charge in [-0.2, -0.15) is 0 Å². The molecule has 1 N–H and O–H groups in total. The number of aromatic nitrogens is 1. The molecule has 1 aliphatic heterocycles. The number of benzene rings is 2. The maximum atomic E-state index is 12.5. The first kappa shape index (κ1) is 18.6. The molecule has 1 aliphatic rings. The molecule has 3 aromatic rings. The van der Waals surface area contributed by atoms with Gasteiger partial charge in [0.05, 0.1) is 10.6 Å². The third-order valence-corrected chi connectivity index (χ3v) is 6.85. The molecule has 1 fully saturated rings. The van der Waals surface area contributed by atoms with Crippen LogP contribution >= 0.6 is 11.3 Å². The van der Waals surface area contributed by atoms with Gasteiger partial charge in [0.1, 0.15) is 0 Å². The van der Waals surface area contributed by atoms with E-state index in [9.17, 15) is 13.2 Å². The number of anilines is 2. The van der Waals surface area contributed by atoms with E-state index in [1.807, 2.05) is 36.6 Å². The number of thiazole rings is 1. The fraction of sp³-hybridized carbons (Fsp3) is 0.200. The monoisotopic (exact) mass is 413 g/mol. The maximum Gasteiger partial charge on any atom is 0.263 e. The average molecular weight is 414 g/mol. The van der Waals surface area contributed by atoms with E-state index in [4.69, 9.17) is 0 Å². The molecule has 28 heavy (non-hydrogen) atoms. The molecule has 0 atom stereocenters. The standard InChI is InChI=1S/C20H19N3O3S2/c1-14-4-10-17(11-5-14)28(25,26)22-20-21-18(13-27-20)15-6-8-16(9-7-15)23-12-2-3-19(23)24/h4-11,13H,2-3,12H2,1H3,(H,21,22). The van der Waals surface area contributed by atoms with Crippen molar-refractivity contribution in [1.29, 1.82) is 0 Å². The Kier molecular flexibility index (Phi) is 4.91. The molecule has 6 nitrogen and oxygen atoms in total. The van der Waals surface area contributed by atoms with Crippen molar-refractivity contribution < 1.29 is 13.2 Å². The zero-order valence-electron chi connectivity index (χ0n) is 15.3. The average Bonchev–Trinajstić information content (AvgIpc) is 3.31. The van der Waals surface area contributed by atoms with Crippen molar-refractivity contribution in [2.45, 2.75) is 24.7 Å². The Bertz CT molecular complexity index is 1100. The van der Waals surface area contributed by atoms with Crippen LogP contribution in [0.1, 0.15) is 18.4 Å². The topological polar surface area (TPSA) is 79.4 Å². The molecule has 0 spiro atoms. The van der Waals surface area contributed by atoms with Crippen molar-refractivity contribution >= 4 is 38.1 Å². The predicted molar refractivity (Wildman–Crippen MR) is 111 cm³/mol. The molecule has 1 saturated heterocycles. The normalized spacial score (nSPS) is 14.5. The summed E-state index contributed by atoms with van der Waals surface area (Å²) in [5.41, 5.74) is 3.43. The van der Waals surface area contributed by atoms with Crippen LogP contribution < -0.4 is 9.62 Å². The van der Waals surface area contributed by atoms with Crippen LogP contribution in [-0.4, -0.2) is 25.9 Å². The maximum absolute atomic E-state index is 12.5. The molecule has 8 heteroatoms. The van der Waals surface area contributed by atoms with E-state index in [2.05, 4.69) is 9.71 Å². The Morgan fingerprint density at radius 1 is 1.07 bits per heavy atom. The number of rotatable bonds is 5. The van der Waals surface area contributed by atoms with Gasteiger partial charge in [0, 0.05) is 29.6 Å². The van der Waals surface area contributed by atoms with Gasteiger partial charge >= 0.3 is 0 Å². The lowest BCUT2D eigenvalue weighted by atomic mass is 10.1. The lowest BCUT2D eigenvalue weighted by Gasteiger charge is -2.15. The lowest BCUT2D eigenvalue weighted by molar-refractivity contribution is -0.117. The van der Waals surface area contributed by atoms with Crippen molar-refractivity contribution in [3.05, 3.63) is 59.5 Å². The summed E-state index contributed by atoms with van der Waals surface area (Å²) in [7, 11) is -3.67. The number of nitrogens with zero attached hydrogens (tertiary/aromatic N) is 2. The molecule has 0 saturated carbocycles. The fourth-order valence-corrected chi connectivity index (χ4v) is 5.05. The zero-order valence-corrected chi connectivity index (χ0v) is 16.9. The number of nitrogens with one attached hydrogen (secondary N) is 1. The van der Waals surface area contributed by atoms with Crippen molar-refractivity contribution in [2.75, 3.05) is 16.2 Å². The van der Waals surface area contributed by atoms with Gasteiger partial charge in [-0.05, 0) is 37.6 Å². The Balaban J connectivity index is 1.51. The van der Waals surface area contributed by atoms with Crippen LogP contribution in [0.15, 0.2) is 58.8 Å². The minimum absolute atomic E-state index is 0.147. The van der Waals surface area contributed by atoms with Crippen molar-refractivity contribution in [1.82, 2.24) is 4.98 Å². The highest BCUT2D eigenvalue weighted by Crippen LogP contribution is 2.29. The highest BCUT2D eigenvalue weighted by Gasteiger charge is 2.21. The van der Waals surface area contributed by atoms with Gasteiger partial charge in [-0.25, -0.2) is 13.4 Å². The molecule has 1 aromatic heterocycles. The van der Waals surface area contributed by atoms with E-state index in [0.717, 1.165) is 29.8 Å². The summed E-state index contributed by atoms with van der Waals surface area (Å²) in [5.74, 6) is 0.147. The first-order valence-electron chi connectivity index (χ1n) is 8.88. The number of carbonyl (C=O) groups excluding carboxylic acids is 1. The van der Waals surface area contributed by atoms with Crippen LogP contribution in [0.3, 0.4) is 0 Å². The minimum atomic E-state index is -3.67. The zero-order chi connectivity index (χ0) is 19.7. The Morgan fingerprint density at radius 3 is 2.43 bits per heavy atom. The second-order valence-corrected chi connectivity index (χ2v) is 9.19. The van der Waals surface area contributed by atoms with E-state index in [1.54, 1.807) is 29.2 Å². The molecule has 0 aliphatic carbocycles. The first-order valence-corrected chi connectivity index (χ1v) is 11.2. The first-order chi connectivity index (χ1) is 13.4. The van der Waals surface area contributed by atoms with Gasteiger partial charge < -0.3 is 4.90 Å². The Labute approximate surface area is 167 Å². The van der Waals surface area contributed by atoms with Crippen molar-refractivity contribution in [2.24, 2.45) is 0 Å². The van der Waals surface area contributed by atoms with E-state index >= 15 is 0 Å². The van der Waals surface area contributed by atoms with Gasteiger partial charge in [0.15, 0.2) is 5.13 Å². The number of amides is 1. The van der Waals surface area contributed by atoms with Gasteiger partial charge in [0.2, 0.25) is 5.91 Å². The summed E-state index contributed by atoms with van der Waals surface area (Å²) in [5, 5.41) is 2.12. The lowest BCUT2D eigenvalue weighted by Crippen LogP contribution is -2.23. The van der Waals surface area contributed by atoms with Gasteiger partial charge in [-0.15, -0.1) is 11.3 Å². The molecule has 4 rings (SSSR count). The van der Waals surface area contributed by atoms with Crippen LogP contribution in [0.25, 0.3) is 11.3 Å². The number of hydrogen-bond donors (Lipinski definition) is 1. The quantitative estimate of drug-likeness (QED) is 0.684. The van der Waals surface area contributed by atoms with Gasteiger partial charge in [-0.3, -0.25) is 9.52 Å². The van der Waals surface area contributed by atoms with E-state index < -0.39 is 10.0 Å². The van der Waals surface area contributed by atoms with Crippen molar-refractivity contribution in [3.8, 4) is 11.3 Å². The summed E-state index contributed by atoms with van der Waals surface area (Å²) < 4.78 is 27.5. The van der Waals surface area contributed by atoms with E-state index in [0.29, 0.717) is 17.2 Å². The number of sulfonamides is 1. The minimum Gasteiger partial charge on any atom is -0.312 e. The second-order valence-electron chi connectivity index (χ2n) is 6.65. The molecule has 1 amide bonds. The fourth-order valence-electron chi connectivity index (χ4n) is 3.08. The molecule has 0 unspecified atom stereocenters. The predicted octanol–water partition coefficient (Wildman–Crippen LogP) is 4.05. The SMILES string of the molecule is Cc1ccc(S(=O)(=O)Nc2nc(-c3ccc(N4CCCC4=O)cc3)cs2)cc1. The number of aryl methyl sites for hydroxylation is 1. The molecular weight excluding hydrogens is 394 g/mol. The third kappa shape index (κ3) is 3.79. The Hall–Kier alpha value is -2.71. The summed E-state index contributed by atoms with van der Waals surface area (Å²) >= 11 is 1.23. The molecule has 0 radical (unpaired) electrons. The Morgan fingerprint density at radius 2 is 1.79 bits per heavy atom. The summed E-state index contributed by atoms with van der Waals surface area (Å²) in [6.45, 7) is 2.65. The van der Waals surface area contributed by atoms with E-state index in [-0.39, 0.29) is 10.8 Å². The van der Waals surface area contributed by atoms with Crippen molar-refractivity contribution in [3.63, 3.8) is 0 Å². The summed E-state index contributed by atoms with van der Waals surface area (Å²) in [6.07, 6.45) is 1.48. The number of carbonyl (C=O) groups is 1. The molecule has 144 valence electrons. The molecule has 0 bridgehead atoms. The summed E-state index contributed by atoms with van der Waals surface area (Å²) in [4.78, 5) is 18.2.